The topological polar surface area (TPSA) is 32.3 Å². The average molecular weight is 142 g/mol. The Labute approximate surface area is 61.4 Å². The maximum Gasteiger partial charge on any atom is 0.237 e. The molecule has 1 saturated heterocycles. The van der Waals surface area contributed by atoms with Crippen molar-refractivity contribution in [3.05, 3.63) is 0 Å². The summed E-state index contributed by atoms with van der Waals surface area (Å²) in [6.45, 7) is 6.78. The second-order valence-corrected chi connectivity index (χ2v) is 2.60. The lowest BCUT2D eigenvalue weighted by molar-refractivity contribution is -0.128. The second-order valence-electron chi connectivity index (χ2n) is 2.60. The molecule has 1 aliphatic heterocycles. The van der Waals surface area contributed by atoms with E-state index in [-0.39, 0.29) is 11.9 Å². The van der Waals surface area contributed by atoms with Gasteiger partial charge < -0.3 is 5.32 Å². The van der Waals surface area contributed by atoms with E-state index in [1.54, 1.807) is 0 Å². The Morgan fingerprint density at radius 1 is 1.80 bits per heavy atom. The first-order valence-corrected chi connectivity index (χ1v) is 3.77. The van der Waals surface area contributed by atoms with E-state index in [4.69, 9.17) is 0 Å². The zero-order valence-electron chi connectivity index (χ0n) is 6.55. The van der Waals surface area contributed by atoms with E-state index in [0.29, 0.717) is 0 Å². The fourth-order valence-electron chi connectivity index (χ4n) is 1.26. The lowest BCUT2D eigenvalue weighted by Crippen LogP contribution is -2.53. The lowest BCUT2D eigenvalue weighted by atomic mass is 10.2. The van der Waals surface area contributed by atoms with Crippen molar-refractivity contribution >= 4 is 5.91 Å². The molecule has 0 spiro atoms. The molecule has 1 fully saturated rings. The van der Waals surface area contributed by atoms with Gasteiger partial charge in [-0.15, -0.1) is 0 Å². The quantitative estimate of drug-likeness (QED) is 0.551. The van der Waals surface area contributed by atoms with Crippen LogP contribution in [0.2, 0.25) is 0 Å². The van der Waals surface area contributed by atoms with Crippen molar-refractivity contribution in [2.75, 3.05) is 19.6 Å². The molecule has 0 aromatic carbocycles. The third-order valence-electron chi connectivity index (χ3n) is 2.03. The molecule has 3 nitrogen and oxygen atoms in total. The third-order valence-corrected chi connectivity index (χ3v) is 2.03. The van der Waals surface area contributed by atoms with Gasteiger partial charge in [-0.05, 0) is 13.5 Å². The highest BCUT2D eigenvalue weighted by atomic mass is 16.2. The largest absolute Gasteiger partial charge is 0.353 e. The monoisotopic (exact) mass is 142 g/mol. The van der Waals surface area contributed by atoms with Gasteiger partial charge in [0.05, 0.1) is 6.04 Å². The molecular formula is C7H14N2O. The molecule has 3 heteroatoms. The summed E-state index contributed by atoms with van der Waals surface area (Å²) in [4.78, 5) is 13.2. The average Bonchev–Trinajstić information content (AvgIpc) is 1.95. The van der Waals surface area contributed by atoms with Gasteiger partial charge in [-0.2, -0.15) is 0 Å². The SMILES string of the molecule is CCN1CCNC(=O)[C@@H]1C. The summed E-state index contributed by atoms with van der Waals surface area (Å²) < 4.78 is 0. The zero-order valence-corrected chi connectivity index (χ0v) is 6.55. The first-order chi connectivity index (χ1) is 4.75. The van der Waals surface area contributed by atoms with Gasteiger partial charge >= 0.3 is 0 Å². The van der Waals surface area contributed by atoms with E-state index in [9.17, 15) is 4.79 Å². The number of likely N-dealkylation sites (N-methyl/N-ethyl adjacent to an activating group) is 1. The fourth-order valence-corrected chi connectivity index (χ4v) is 1.26. The predicted octanol–water partition coefficient (Wildman–Crippen LogP) is -0.173. The number of amides is 1. The Hall–Kier alpha value is -0.570. The summed E-state index contributed by atoms with van der Waals surface area (Å²) in [7, 11) is 0. The number of piperazine rings is 1. The van der Waals surface area contributed by atoms with Gasteiger partial charge in [0.25, 0.3) is 0 Å². The Morgan fingerprint density at radius 3 is 3.00 bits per heavy atom. The third kappa shape index (κ3) is 1.29. The van der Waals surface area contributed by atoms with E-state index in [1.165, 1.54) is 0 Å². The molecule has 0 bridgehead atoms. The van der Waals surface area contributed by atoms with Gasteiger partial charge in [0.15, 0.2) is 0 Å². The summed E-state index contributed by atoms with van der Waals surface area (Å²) >= 11 is 0. The molecule has 1 aliphatic rings. The number of hydrogen-bond acceptors (Lipinski definition) is 2. The number of rotatable bonds is 1. The van der Waals surface area contributed by atoms with Crippen molar-refractivity contribution < 1.29 is 4.79 Å². The number of carbonyl (C=O) groups excluding carboxylic acids is 1. The Bertz CT molecular complexity index is 136. The molecule has 1 atom stereocenters. The van der Waals surface area contributed by atoms with Crippen LogP contribution in [0.25, 0.3) is 0 Å². The minimum atomic E-state index is 0.0683. The first-order valence-electron chi connectivity index (χ1n) is 3.77. The van der Waals surface area contributed by atoms with E-state index in [0.717, 1.165) is 19.6 Å². The lowest BCUT2D eigenvalue weighted by Gasteiger charge is -2.31. The molecule has 0 aromatic heterocycles. The van der Waals surface area contributed by atoms with E-state index in [2.05, 4.69) is 17.1 Å². The van der Waals surface area contributed by atoms with Crippen molar-refractivity contribution in [2.24, 2.45) is 0 Å². The highest BCUT2D eigenvalue weighted by molar-refractivity contribution is 5.81. The number of nitrogens with zero attached hydrogens (tertiary/aromatic N) is 1. The van der Waals surface area contributed by atoms with E-state index < -0.39 is 0 Å². The molecule has 0 aromatic rings. The molecule has 1 amide bonds. The maximum absolute atomic E-state index is 11.0. The number of hydrogen-bond donors (Lipinski definition) is 1. The zero-order chi connectivity index (χ0) is 7.56. The van der Waals surface area contributed by atoms with Crippen molar-refractivity contribution in [1.29, 1.82) is 0 Å². The summed E-state index contributed by atoms with van der Waals surface area (Å²) in [6.07, 6.45) is 0. The van der Waals surface area contributed by atoms with E-state index in [1.807, 2.05) is 6.92 Å². The Balaban J connectivity index is 2.51. The smallest absolute Gasteiger partial charge is 0.237 e. The number of nitrogens with one attached hydrogen (secondary N) is 1. The molecule has 0 unspecified atom stereocenters. The van der Waals surface area contributed by atoms with Gasteiger partial charge in [0.1, 0.15) is 0 Å². The van der Waals surface area contributed by atoms with Crippen LogP contribution in [-0.4, -0.2) is 36.5 Å². The molecule has 1 heterocycles. The molecule has 0 saturated carbocycles. The minimum absolute atomic E-state index is 0.0683. The highest BCUT2D eigenvalue weighted by Crippen LogP contribution is 2.01. The fraction of sp³-hybridized carbons (Fsp3) is 0.857. The second kappa shape index (κ2) is 3.01. The summed E-state index contributed by atoms with van der Waals surface area (Å²) in [5, 5.41) is 2.82. The van der Waals surface area contributed by atoms with Gasteiger partial charge in [-0.1, -0.05) is 6.92 Å². The molecule has 1 rings (SSSR count). The Morgan fingerprint density at radius 2 is 2.50 bits per heavy atom. The number of carbonyl (C=O) groups is 1. The summed E-state index contributed by atoms with van der Waals surface area (Å²) in [6, 6.07) is 0.0683. The minimum Gasteiger partial charge on any atom is -0.353 e. The molecular weight excluding hydrogens is 128 g/mol. The molecule has 0 radical (unpaired) electrons. The van der Waals surface area contributed by atoms with Crippen LogP contribution in [0.5, 0.6) is 0 Å². The van der Waals surface area contributed by atoms with Gasteiger partial charge in [0.2, 0.25) is 5.91 Å². The van der Waals surface area contributed by atoms with Crippen LogP contribution in [0.4, 0.5) is 0 Å². The van der Waals surface area contributed by atoms with Crippen LogP contribution in [0.3, 0.4) is 0 Å². The van der Waals surface area contributed by atoms with Crippen LogP contribution in [-0.2, 0) is 4.79 Å². The predicted molar refractivity (Wildman–Crippen MR) is 39.7 cm³/mol. The molecule has 58 valence electrons. The maximum atomic E-state index is 11.0. The van der Waals surface area contributed by atoms with Crippen LogP contribution in [0, 0.1) is 0 Å². The Kier molecular flexibility index (Phi) is 2.27. The summed E-state index contributed by atoms with van der Waals surface area (Å²) in [5.41, 5.74) is 0. The molecule has 0 aliphatic carbocycles. The normalized spacial score (nSPS) is 28.2. The van der Waals surface area contributed by atoms with Crippen LogP contribution < -0.4 is 5.32 Å². The van der Waals surface area contributed by atoms with Crippen molar-refractivity contribution in [3.8, 4) is 0 Å². The van der Waals surface area contributed by atoms with Crippen LogP contribution in [0.1, 0.15) is 13.8 Å². The van der Waals surface area contributed by atoms with E-state index >= 15 is 0 Å². The first kappa shape index (κ1) is 7.54. The van der Waals surface area contributed by atoms with Crippen molar-refractivity contribution in [2.45, 2.75) is 19.9 Å². The van der Waals surface area contributed by atoms with Crippen LogP contribution in [0.15, 0.2) is 0 Å². The van der Waals surface area contributed by atoms with Crippen molar-refractivity contribution in [3.63, 3.8) is 0 Å². The summed E-state index contributed by atoms with van der Waals surface area (Å²) in [5.74, 6) is 0.160. The molecule has 1 N–H and O–H groups in total. The highest BCUT2D eigenvalue weighted by Gasteiger charge is 2.23. The van der Waals surface area contributed by atoms with Gasteiger partial charge in [-0.3, -0.25) is 9.69 Å². The standard InChI is InChI=1S/C7H14N2O/c1-3-9-5-4-8-7(10)6(9)2/h6H,3-5H2,1-2H3,(H,8,10)/t6-/m0/s1. The molecule has 10 heavy (non-hydrogen) atoms. The van der Waals surface area contributed by atoms with Crippen LogP contribution >= 0.6 is 0 Å². The van der Waals surface area contributed by atoms with Crippen molar-refractivity contribution in [1.82, 2.24) is 10.2 Å². The van der Waals surface area contributed by atoms with Gasteiger partial charge in [-0.25, -0.2) is 0 Å². The van der Waals surface area contributed by atoms with Gasteiger partial charge in [0, 0.05) is 13.1 Å².